The van der Waals surface area contributed by atoms with Gasteiger partial charge in [-0.1, -0.05) is 0 Å². The van der Waals surface area contributed by atoms with Gasteiger partial charge in [0.05, 0.1) is 0 Å². The van der Waals surface area contributed by atoms with E-state index in [4.69, 9.17) is 0 Å². The molecule has 1 unspecified atom stereocenters. The number of carbonyl (C=O) groups excluding carboxylic acids is 1. The summed E-state index contributed by atoms with van der Waals surface area (Å²) in [6, 6.07) is 4.08. The number of aromatic nitrogens is 1. The van der Waals surface area contributed by atoms with Crippen LogP contribution < -0.4 is 5.32 Å². The Morgan fingerprint density at radius 2 is 2.16 bits per heavy atom. The molecule has 1 aliphatic heterocycles. The summed E-state index contributed by atoms with van der Waals surface area (Å²) in [5.74, 6) is 0.840. The molecule has 0 aliphatic carbocycles. The average Bonchev–Trinajstić information content (AvgIpc) is 2.40. The third-order valence-electron chi connectivity index (χ3n) is 3.70. The van der Waals surface area contributed by atoms with Gasteiger partial charge in [0.2, 0.25) is 0 Å². The molecule has 19 heavy (non-hydrogen) atoms. The first-order valence-corrected chi connectivity index (χ1v) is 6.67. The molecule has 1 fully saturated rings. The van der Waals surface area contributed by atoms with Crippen LogP contribution in [0, 0.1) is 6.92 Å². The summed E-state index contributed by atoms with van der Waals surface area (Å²) in [6.45, 7) is 6.55. The van der Waals surface area contributed by atoms with Crippen molar-refractivity contribution in [3.63, 3.8) is 0 Å². The van der Waals surface area contributed by atoms with E-state index in [-0.39, 0.29) is 5.91 Å². The molecule has 0 bridgehead atoms. The molecule has 1 amide bonds. The van der Waals surface area contributed by atoms with Gasteiger partial charge in [0, 0.05) is 44.0 Å². The number of amides is 1. The Bertz CT molecular complexity index is 475. The fourth-order valence-corrected chi connectivity index (χ4v) is 2.34. The van der Waals surface area contributed by atoms with E-state index in [1.165, 1.54) is 0 Å². The monoisotopic (exact) mass is 262 g/mol. The lowest BCUT2D eigenvalue weighted by molar-refractivity contribution is 0.0572. The van der Waals surface area contributed by atoms with Crippen LogP contribution in [0.5, 0.6) is 0 Å². The Balaban J connectivity index is 2.17. The van der Waals surface area contributed by atoms with Crippen LogP contribution in [0.2, 0.25) is 0 Å². The Morgan fingerprint density at radius 3 is 2.79 bits per heavy atom. The van der Waals surface area contributed by atoms with Gasteiger partial charge < -0.3 is 15.1 Å². The van der Waals surface area contributed by atoms with Gasteiger partial charge in [0.15, 0.2) is 0 Å². The molecule has 0 aromatic carbocycles. The molecule has 1 aromatic heterocycles. The maximum atomic E-state index is 12.5. The number of carbonyl (C=O) groups is 1. The standard InChI is InChI=1S/C14H22N4O/c1-10-7-12(8-13(15-3)16-10)14(19)18-6-5-17(4)11(2)9-18/h7-8,11H,5-6,9H2,1-4H3,(H,15,16). The lowest BCUT2D eigenvalue weighted by atomic mass is 10.1. The van der Waals surface area contributed by atoms with E-state index in [0.29, 0.717) is 11.6 Å². The molecule has 1 aromatic rings. The molecular formula is C14H22N4O. The first-order valence-electron chi connectivity index (χ1n) is 6.67. The number of piperazine rings is 1. The summed E-state index contributed by atoms with van der Waals surface area (Å²) in [7, 11) is 3.91. The highest BCUT2D eigenvalue weighted by Gasteiger charge is 2.25. The summed E-state index contributed by atoms with van der Waals surface area (Å²) in [5.41, 5.74) is 1.57. The van der Waals surface area contributed by atoms with Gasteiger partial charge in [-0.15, -0.1) is 0 Å². The van der Waals surface area contributed by atoms with Crippen molar-refractivity contribution in [1.82, 2.24) is 14.8 Å². The summed E-state index contributed by atoms with van der Waals surface area (Å²) >= 11 is 0. The van der Waals surface area contributed by atoms with E-state index < -0.39 is 0 Å². The second kappa shape index (κ2) is 5.57. The molecule has 0 radical (unpaired) electrons. The van der Waals surface area contributed by atoms with Crippen molar-refractivity contribution in [2.45, 2.75) is 19.9 Å². The van der Waals surface area contributed by atoms with Crippen molar-refractivity contribution in [3.8, 4) is 0 Å². The highest BCUT2D eigenvalue weighted by Crippen LogP contribution is 2.15. The Kier molecular flexibility index (Phi) is 4.04. The highest BCUT2D eigenvalue weighted by atomic mass is 16.2. The number of likely N-dealkylation sites (N-methyl/N-ethyl adjacent to an activating group) is 1. The Labute approximate surface area is 114 Å². The highest BCUT2D eigenvalue weighted by molar-refractivity contribution is 5.95. The lowest BCUT2D eigenvalue weighted by Crippen LogP contribution is -2.52. The zero-order valence-corrected chi connectivity index (χ0v) is 12.1. The summed E-state index contributed by atoms with van der Waals surface area (Å²) in [5, 5.41) is 2.99. The largest absolute Gasteiger partial charge is 0.373 e. The van der Waals surface area contributed by atoms with E-state index in [1.54, 1.807) is 0 Å². The first kappa shape index (κ1) is 13.8. The predicted octanol–water partition coefficient (Wildman–Crippen LogP) is 1.21. The van der Waals surface area contributed by atoms with Crippen molar-refractivity contribution in [2.24, 2.45) is 0 Å². The number of pyridine rings is 1. The maximum Gasteiger partial charge on any atom is 0.254 e. The van der Waals surface area contributed by atoms with E-state index >= 15 is 0 Å². The van der Waals surface area contributed by atoms with Gasteiger partial charge >= 0.3 is 0 Å². The minimum atomic E-state index is 0.0990. The van der Waals surface area contributed by atoms with Gasteiger partial charge in [0.25, 0.3) is 5.91 Å². The molecule has 2 rings (SSSR count). The van der Waals surface area contributed by atoms with Gasteiger partial charge in [-0.3, -0.25) is 4.79 Å². The second-order valence-corrected chi connectivity index (χ2v) is 5.21. The third kappa shape index (κ3) is 3.04. The summed E-state index contributed by atoms with van der Waals surface area (Å²) < 4.78 is 0. The van der Waals surface area contributed by atoms with E-state index in [1.807, 2.05) is 31.0 Å². The van der Waals surface area contributed by atoms with Crippen molar-refractivity contribution in [2.75, 3.05) is 39.0 Å². The number of hydrogen-bond acceptors (Lipinski definition) is 4. The normalized spacial score (nSPS) is 20.4. The van der Waals surface area contributed by atoms with Gasteiger partial charge in [-0.2, -0.15) is 0 Å². The van der Waals surface area contributed by atoms with Crippen molar-refractivity contribution >= 4 is 11.7 Å². The molecule has 1 atom stereocenters. The van der Waals surface area contributed by atoms with E-state index in [0.717, 1.165) is 31.1 Å². The van der Waals surface area contributed by atoms with Gasteiger partial charge in [0.1, 0.15) is 5.82 Å². The number of rotatable bonds is 2. The first-order chi connectivity index (χ1) is 9.01. The molecule has 5 nitrogen and oxygen atoms in total. The minimum absolute atomic E-state index is 0.0990. The van der Waals surface area contributed by atoms with Crippen molar-refractivity contribution < 1.29 is 4.79 Å². The van der Waals surface area contributed by atoms with Crippen LogP contribution in [0.15, 0.2) is 12.1 Å². The van der Waals surface area contributed by atoms with E-state index in [2.05, 4.69) is 29.2 Å². The number of nitrogens with one attached hydrogen (secondary N) is 1. The Morgan fingerprint density at radius 1 is 1.42 bits per heavy atom. The number of nitrogens with zero attached hydrogens (tertiary/aromatic N) is 3. The SMILES string of the molecule is CNc1cc(C(=O)N2CCN(C)C(C)C2)cc(C)n1. The molecule has 1 saturated heterocycles. The molecule has 5 heteroatoms. The molecular weight excluding hydrogens is 240 g/mol. The number of anilines is 1. The van der Waals surface area contributed by atoms with Gasteiger partial charge in [-0.05, 0) is 33.0 Å². The smallest absolute Gasteiger partial charge is 0.254 e. The van der Waals surface area contributed by atoms with Crippen molar-refractivity contribution in [1.29, 1.82) is 0 Å². The average molecular weight is 262 g/mol. The van der Waals surface area contributed by atoms with Crippen LogP contribution in [0.4, 0.5) is 5.82 Å². The molecule has 0 saturated carbocycles. The molecule has 2 heterocycles. The Hall–Kier alpha value is -1.62. The van der Waals surface area contributed by atoms with Crippen LogP contribution >= 0.6 is 0 Å². The topological polar surface area (TPSA) is 48.5 Å². The molecule has 0 spiro atoms. The predicted molar refractivity (Wildman–Crippen MR) is 76.5 cm³/mol. The zero-order valence-electron chi connectivity index (χ0n) is 12.1. The van der Waals surface area contributed by atoms with Crippen LogP contribution in [0.3, 0.4) is 0 Å². The second-order valence-electron chi connectivity index (χ2n) is 5.21. The molecule has 104 valence electrons. The third-order valence-corrected chi connectivity index (χ3v) is 3.70. The van der Waals surface area contributed by atoms with Crippen LogP contribution in [0.25, 0.3) is 0 Å². The van der Waals surface area contributed by atoms with E-state index in [9.17, 15) is 4.79 Å². The van der Waals surface area contributed by atoms with Crippen molar-refractivity contribution in [3.05, 3.63) is 23.4 Å². The molecule has 1 N–H and O–H groups in total. The van der Waals surface area contributed by atoms with Crippen LogP contribution in [0.1, 0.15) is 23.0 Å². The van der Waals surface area contributed by atoms with Gasteiger partial charge in [-0.25, -0.2) is 4.98 Å². The quantitative estimate of drug-likeness (QED) is 0.870. The fraction of sp³-hybridized carbons (Fsp3) is 0.571. The minimum Gasteiger partial charge on any atom is -0.373 e. The molecule has 1 aliphatic rings. The number of aryl methyl sites for hydroxylation is 1. The maximum absolute atomic E-state index is 12.5. The van der Waals surface area contributed by atoms with Crippen LogP contribution in [-0.2, 0) is 0 Å². The lowest BCUT2D eigenvalue weighted by Gasteiger charge is -2.37. The van der Waals surface area contributed by atoms with Crippen LogP contribution in [-0.4, -0.2) is 60.5 Å². The summed E-state index contributed by atoms with van der Waals surface area (Å²) in [4.78, 5) is 21.0. The number of hydrogen-bond donors (Lipinski definition) is 1. The summed E-state index contributed by atoms with van der Waals surface area (Å²) in [6.07, 6.45) is 0. The fourth-order valence-electron chi connectivity index (χ4n) is 2.34. The zero-order chi connectivity index (χ0) is 14.0.